The summed E-state index contributed by atoms with van der Waals surface area (Å²) < 4.78 is 14.9. The van der Waals surface area contributed by atoms with Crippen molar-refractivity contribution in [3.05, 3.63) is 78.2 Å². The van der Waals surface area contributed by atoms with E-state index in [0.29, 0.717) is 5.69 Å². The maximum atomic E-state index is 13.3. The van der Waals surface area contributed by atoms with Gasteiger partial charge in [-0.1, -0.05) is 30.3 Å². The van der Waals surface area contributed by atoms with Crippen molar-refractivity contribution >= 4 is 16.9 Å². The molecule has 1 heterocycles. The van der Waals surface area contributed by atoms with Gasteiger partial charge in [0.25, 0.3) is 0 Å². The molecule has 2 N–H and O–H groups in total. The molecule has 134 valence electrons. The summed E-state index contributed by atoms with van der Waals surface area (Å²) in [5.41, 5.74) is 4.09. The number of carboxylic acid groups (broad SMARTS) is 1. The molecule has 4 aromatic rings. The minimum absolute atomic E-state index is 0.00337. The van der Waals surface area contributed by atoms with E-state index in [1.807, 2.05) is 30.3 Å². The SMILES string of the molecule is O=C(O)Cc1ccc(-c2ccc3c(cnn3-c3ccc(F)c(O)c3)c2)cc1. The zero-order valence-electron chi connectivity index (χ0n) is 14.1. The summed E-state index contributed by atoms with van der Waals surface area (Å²) in [7, 11) is 0. The standard InChI is InChI=1S/C21H15FN2O3/c22-18-7-6-17(11-20(18)25)24-19-8-5-15(10-16(19)12-23-24)14-3-1-13(2-4-14)9-21(26)27/h1-8,10-12,25H,9H2,(H,26,27). The third kappa shape index (κ3) is 3.25. The zero-order chi connectivity index (χ0) is 19.0. The molecule has 0 aliphatic heterocycles. The van der Waals surface area contributed by atoms with Crippen LogP contribution in [0.15, 0.2) is 66.9 Å². The average Bonchev–Trinajstić information content (AvgIpc) is 3.07. The molecule has 0 saturated heterocycles. The number of aromatic nitrogens is 2. The average molecular weight is 362 g/mol. The van der Waals surface area contributed by atoms with Crippen molar-refractivity contribution in [3.8, 4) is 22.6 Å². The van der Waals surface area contributed by atoms with Crippen LogP contribution in [0.1, 0.15) is 5.56 Å². The highest BCUT2D eigenvalue weighted by Gasteiger charge is 2.09. The summed E-state index contributed by atoms with van der Waals surface area (Å²) in [6.07, 6.45) is 1.70. The van der Waals surface area contributed by atoms with Crippen LogP contribution >= 0.6 is 0 Å². The molecule has 0 radical (unpaired) electrons. The van der Waals surface area contributed by atoms with Crippen LogP contribution in [0.3, 0.4) is 0 Å². The Bertz CT molecular complexity index is 1150. The molecule has 3 aromatic carbocycles. The second-order valence-corrected chi connectivity index (χ2v) is 6.23. The molecule has 6 heteroatoms. The van der Waals surface area contributed by atoms with E-state index in [0.717, 1.165) is 27.6 Å². The van der Waals surface area contributed by atoms with Gasteiger partial charge in [-0.2, -0.15) is 5.10 Å². The zero-order valence-corrected chi connectivity index (χ0v) is 14.1. The van der Waals surface area contributed by atoms with Gasteiger partial charge in [-0.15, -0.1) is 0 Å². The Morgan fingerprint density at radius 1 is 1.00 bits per heavy atom. The number of rotatable bonds is 4. The largest absolute Gasteiger partial charge is 0.505 e. The number of carbonyl (C=O) groups is 1. The number of halogens is 1. The fourth-order valence-corrected chi connectivity index (χ4v) is 3.04. The smallest absolute Gasteiger partial charge is 0.307 e. The molecular weight excluding hydrogens is 347 g/mol. The highest BCUT2D eigenvalue weighted by atomic mass is 19.1. The molecule has 27 heavy (non-hydrogen) atoms. The Morgan fingerprint density at radius 3 is 2.44 bits per heavy atom. The van der Waals surface area contributed by atoms with Crippen molar-refractivity contribution in [1.82, 2.24) is 9.78 Å². The number of hydrogen-bond donors (Lipinski definition) is 2. The normalized spacial score (nSPS) is 11.0. The number of phenolic OH excluding ortho intramolecular Hbond substituents is 1. The number of aliphatic carboxylic acids is 1. The second kappa shape index (κ2) is 6.57. The number of phenols is 1. The van der Waals surface area contributed by atoms with Gasteiger partial charge >= 0.3 is 5.97 Å². The van der Waals surface area contributed by atoms with Crippen molar-refractivity contribution < 1.29 is 19.4 Å². The number of hydrogen-bond acceptors (Lipinski definition) is 3. The lowest BCUT2D eigenvalue weighted by Crippen LogP contribution is -1.99. The molecule has 0 aliphatic carbocycles. The molecule has 0 amide bonds. The monoisotopic (exact) mass is 362 g/mol. The van der Waals surface area contributed by atoms with Crippen LogP contribution in [0.5, 0.6) is 5.75 Å². The fraction of sp³-hybridized carbons (Fsp3) is 0.0476. The first-order chi connectivity index (χ1) is 13.0. The lowest BCUT2D eigenvalue weighted by molar-refractivity contribution is -0.136. The first-order valence-corrected chi connectivity index (χ1v) is 8.29. The summed E-state index contributed by atoms with van der Waals surface area (Å²) in [6, 6.07) is 17.3. The quantitative estimate of drug-likeness (QED) is 0.571. The van der Waals surface area contributed by atoms with E-state index >= 15 is 0 Å². The topological polar surface area (TPSA) is 75.3 Å². The lowest BCUT2D eigenvalue weighted by Gasteiger charge is -2.07. The second-order valence-electron chi connectivity index (χ2n) is 6.23. The van der Waals surface area contributed by atoms with Crippen LogP contribution in [-0.4, -0.2) is 26.0 Å². The lowest BCUT2D eigenvalue weighted by atomic mass is 10.0. The predicted molar refractivity (Wildman–Crippen MR) is 99.5 cm³/mol. The third-order valence-electron chi connectivity index (χ3n) is 4.38. The Hall–Kier alpha value is -3.67. The van der Waals surface area contributed by atoms with Gasteiger partial charge in [0.1, 0.15) is 0 Å². The van der Waals surface area contributed by atoms with E-state index < -0.39 is 17.5 Å². The maximum absolute atomic E-state index is 13.3. The van der Waals surface area contributed by atoms with Gasteiger partial charge in [0.05, 0.1) is 23.8 Å². The summed E-state index contributed by atoms with van der Waals surface area (Å²) in [5.74, 6) is -1.96. The first kappa shape index (κ1) is 16.8. The van der Waals surface area contributed by atoms with Crippen LogP contribution < -0.4 is 0 Å². The third-order valence-corrected chi connectivity index (χ3v) is 4.38. The van der Waals surface area contributed by atoms with E-state index in [4.69, 9.17) is 5.11 Å². The number of fused-ring (bicyclic) bond motifs is 1. The van der Waals surface area contributed by atoms with Crippen LogP contribution in [0.2, 0.25) is 0 Å². The molecule has 0 saturated carbocycles. The van der Waals surface area contributed by atoms with E-state index in [9.17, 15) is 14.3 Å². The summed E-state index contributed by atoms with van der Waals surface area (Å²) >= 11 is 0. The van der Waals surface area contributed by atoms with Crippen LogP contribution in [-0.2, 0) is 11.2 Å². The molecule has 1 aromatic heterocycles. The molecule has 4 rings (SSSR count). The van der Waals surface area contributed by atoms with Gasteiger partial charge < -0.3 is 10.2 Å². The Labute approximate surface area is 153 Å². The van der Waals surface area contributed by atoms with E-state index in [1.54, 1.807) is 29.1 Å². The Balaban J connectivity index is 1.69. The van der Waals surface area contributed by atoms with Crippen molar-refractivity contribution in [1.29, 1.82) is 0 Å². The Morgan fingerprint density at radius 2 is 1.74 bits per heavy atom. The van der Waals surface area contributed by atoms with Crippen LogP contribution in [0, 0.1) is 5.82 Å². The highest BCUT2D eigenvalue weighted by Crippen LogP contribution is 2.27. The first-order valence-electron chi connectivity index (χ1n) is 8.29. The van der Waals surface area contributed by atoms with E-state index in [2.05, 4.69) is 5.10 Å². The van der Waals surface area contributed by atoms with Crippen LogP contribution in [0.4, 0.5) is 4.39 Å². The van der Waals surface area contributed by atoms with Gasteiger partial charge in [0.15, 0.2) is 11.6 Å². The number of benzene rings is 3. The van der Waals surface area contributed by atoms with Gasteiger partial charge in [-0.3, -0.25) is 4.79 Å². The summed E-state index contributed by atoms with van der Waals surface area (Å²) in [4.78, 5) is 10.8. The fourth-order valence-electron chi connectivity index (χ4n) is 3.04. The summed E-state index contributed by atoms with van der Waals surface area (Å²) in [6.45, 7) is 0. The van der Waals surface area contributed by atoms with E-state index in [1.165, 1.54) is 12.1 Å². The van der Waals surface area contributed by atoms with Crippen molar-refractivity contribution in [3.63, 3.8) is 0 Å². The molecular formula is C21H15FN2O3. The number of nitrogens with zero attached hydrogens (tertiary/aromatic N) is 2. The predicted octanol–water partition coefficient (Wildman–Crippen LogP) is 4.16. The summed E-state index contributed by atoms with van der Waals surface area (Å²) in [5, 5.41) is 23.7. The van der Waals surface area contributed by atoms with E-state index in [-0.39, 0.29) is 6.42 Å². The molecule has 0 unspecified atom stereocenters. The highest BCUT2D eigenvalue weighted by molar-refractivity contribution is 5.85. The van der Waals surface area contributed by atoms with Gasteiger partial charge in [0.2, 0.25) is 0 Å². The minimum Gasteiger partial charge on any atom is -0.505 e. The number of carboxylic acids is 1. The molecule has 5 nitrogen and oxygen atoms in total. The Kier molecular flexibility index (Phi) is 4.08. The molecule has 0 fully saturated rings. The van der Waals surface area contributed by atoms with Crippen LogP contribution in [0.25, 0.3) is 27.7 Å². The van der Waals surface area contributed by atoms with Gasteiger partial charge in [-0.25, -0.2) is 9.07 Å². The molecule has 0 spiro atoms. The molecule has 0 aliphatic rings. The molecule has 0 atom stereocenters. The van der Waals surface area contributed by atoms with Gasteiger partial charge in [-0.05, 0) is 41.0 Å². The minimum atomic E-state index is -0.858. The van der Waals surface area contributed by atoms with Crippen molar-refractivity contribution in [2.75, 3.05) is 0 Å². The number of aromatic hydroxyl groups is 1. The van der Waals surface area contributed by atoms with Gasteiger partial charge in [0, 0.05) is 11.5 Å². The maximum Gasteiger partial charge on any atom is 0.307 e. The van der Waals surface area contributed by atoms with Crippen molar-refractivity contribution in [2.45, 2.75) is 6.42 Å². The van der Waals surface area contributed by atoms with Crippen molar-refractivity contribution in [2.24, 2.45) is 0 Å². The molecule has 0 bridgehead atoms.